The van der Waals surface area contributed by atoms with Crippen LogP contribution in [-0.4, -0.2) is 11.2 Å². The average Bonchev–Trinajstić information content (AvgIpc) is 2.49. The molecule has 3 rings (SSSR count). The Labute approximate surface area is 126 Å². The smallest absolute Gasteiger partial charge is 0.405 e. The standard InChI is InChI=1S/C17H15F2NO2/c18-14-7-6-12(9-15(14)19)11-5-4-10-2-1-3-16(13(10)8-11)20-17(21)22/h4-9,16,20H,1-3H2,(H,21,22). The predicted octanol–water partition coefficient (Wildman–Crippen LogP) is 4.28. The molecule has 0 saturated carbocycles. The first-order chi connectivity index (χ1) is 10.5. The number of rotatable bonds is 2. The molecule has 5 heteroatoms. The normalized spacial score (nSPS) is 16.9. The van der Waals surface area contributed by atoms with Gasteiger partial charge in [-0.2, -0.15) is 0 Å². The number of hydrogen-bond acceptors (Lipinski definition) is 1. The quantitative estimate of drug-likeness (QED) is 0.870. The number of benzene rings is 2. The van der Waals surface area contributed by atoms with Crippen molar-refractivity contribution in [3.63, 3.8) is 0 Å². The van der Waals surface area contributed by atoms with Gasteiger partial charge in [-0.25, -0.2) is 13.6 Å². The molecule has 0 spiro atoms. The summed E-state index contributed by atoms with van der Waals surface area (Å²) >= 11 is 0. The van der Waals surface area contributed by atoms with Crippen LogP contribution in [0.1, 0.15) is 30.0 Å². The molecule has 0 aliphatic heterocycles. The van der Waals surface area contributed by atoms with Gasteiger partial charge >= 0.3 is 6.09 Å². The van der Waals surface area contributed by atoms with E-state index in [2.05, 4.69) is 5.32 Å². The van der Waals surface area contributed by atoms with Gasteiger partial charge in [0.1, 0.15) is 0 Å². The first-order valence-electron chi connectivity index (χ1n) is 7.12. The molecule has 0 aromatic heterocycles. The third-order valence-electron chi connectivity index (χ3n) is 4.01. The molecule has 0 saturated heterocycles. The van der Waals surface area contributed by atoms with E-state index in [0.29, 0.717) is 5.56 Å². The van der Waals surface area contributed by atoms with E-state index in [1.165, 1.54) is 6.07 Å². The van der Waals surface area contributed by atoms with E-state index in [4.69, 9.17) is 5.11 Å². The molecule has 2 aromatic carbocycles. The summed E-state index contributed by atoms with van der Waals surface area (Å²) in [4.78, 5) is 10.9. The number of fused-ring (bicyclic) bond motifs is 1. The van der Waals surface area contributed by atoms with Crippen LogP contribution in [0, 0.1) is 11.6 Å². The van der Waals surface area contributed by atoms with Crippen LogP contribution >= 0.6 is 0 Å². The molecule has 1 aliphatic carbocycles. The largest absolute Gasteiger partial charge is 0.465 e. The summed E-state index contributed by atoms with van der Waals surface area (Å²) in [6, 6.07) is 9.16. The fraction of sp³-hybridized carbons (Fsp3) is 0.235. The molecule has 1 aliphatic rings. The minimum absolute atomic E-state index is 0.258. The maximum absolute atomic E-state index is 13.4. The van der Waals surface area contributed by atoms with Crippen LogP contribution in [0.15, 0.2) is 36.4 Å². The Morgan fingerprint density at radius 3 is 2.55 bits per heavy atom. The van der Waals surface area contributed by atoms with Gasteiger partial charge in [0.15, 0.2) is 11.6 Å². The average molecular weight is 303 g/mol. The minimum Gasteiger partial charge on any atom is -0.465 e. The van der Waals surface area contributed by atoms with Crippen LogP contribution < -0.4 is 5.32 Å². The zero-order chi connectivity index (χ0) is 15.7. The first kappa shape index (κ1) is 14.5. The van der Waals surface area contributed by atoms with Crippen molar-refractivity contribution >= 4 is 6.09 Å². The molecule has 0 radical (unpaired) electrons. The van der Waals surface area contributed by atoms with E-state index >= 15 is 0 Å². The molecule has 2 aromatic rings. The van der Waals surface area contributed by atoms with Crippen LogP contribution in [0.3, 0.4) is 0 Å². The van der Waals surface area contributed by atoms with E-state index in [1.54, 1.807) is 0 Å². The van der Waals surface area contributed by atoms with Gasteiger partial charge in [0, 0.05) is 0 Å². The summed E-state index contributed by atoms with van der Waals surface area (Å²) in [6.45, 7) is 0. The summed E-state index contributed by atoms with van der Waals surface area (Å²) in [5.74, 6) is -1.78. The molecule has 114 valence electrons. The van der Waals surface area contributed by atoms with Crippen LogP contribution in [0.25, 0.3) is 11.1 Å². The highest BCUT2D eigenvalue weighted by molar-refractivity contribution is 5.68. The summed E-state index contributed by atoms with van der Waals surface area (Å²) in [7, 11) is 0. The fourth-order valence-electron chi connectivity index (χ4n) is 2.95. The maximum atomic E-state index is 13.4. The lowest BCUT2D eigenvalue weighted by molar-refractivity contribution is 0.188. The van der Waals surface area contributed by atoms with E-state index in [-0.39, 0.29) is 6.04 Å². The summed E-state index contributed by atoms with van der Waals surface area (Å²) in [6.07, 6.45) is 1.49. The molecule has 3 nitrogen and oxygen atoms in total. The molecular weight excluding hydrogens is 288 g/mol. The molecule has 1 atom stereocenters. The molecule has 0 bridgehead atoms. The Bertz CT molecular complexity index is 731. The lowest BCUT2D eigenvalue weighted by atomic mass is 9.85. The van der Waals surface area contributed by atoms with Gasteiger partial charge in [-0.05, 0) is 59.7 Å². The Morgan fingerprint density at radius 2 is 1.82 bits per heavy atom. The number of amides is 1. The van der Waals surface area contributed by atoms with Crippen LogP contribution in [0.4, 0.5) is 13.6 Å². The van der Waals surface area contributed by atoms with Gasteiger partial charge in [-0.15, -0.1) is 0 Å². The Morgan fingerprint density at radius 1 is 1.09 bits per heavy atom. The van der Waals surface area contributed by atoms with E-state index in [0.717, 1.165) is 48.1 Å². The number of hydrogen-bond donors (Lipinski definition) is 2. The third-order valence-corrected chi connectivity index (χ3v) is 4.01. The monoisotopic (exact) mass is 303 g/mol. The molecule has 1 unspecified atom stereocenters. The van der Waals surface area contributed by atoms with E-state index in [9.17, 15) is 13.6 Å². The van der Waals surface area contributed by atoms with Crippen molar-refractivity contribution in [3.05, 3.63) is 59.2 Å². The summed E-state index contributed by atoms with van der Waals surface area (Å²) in [5.41, 5.74) is 3.32. The first-order valence-corrected chi connectivity index (χ1v) is 7.12. The molecular formula is C17H15F2NO2. The molecule has 22 heavy (non-hydrogen) atoms. The Hall–Kier alpha value is -2.43. The van der Waals surface area contributed by atoms with Crippen LogP contribution in [0.5, 0.6) is 0 Å². The highest BCUT2D eigenvalue weighted by atomic mass is 19.2. The number of nitrogens with one attached hydrogen (secondary N) is 1. The highest BCUT2D eigenvalue weighted by Gasteiger charge is 2.22. The van der Waals surface area contributed by atoms with Gasteiger partial charge in [0.05, 0.1) is 6.04 Å². The highest BCUT2D eigenvalue weighted by Crippen LogP contribution is 2.33. The van der Waals surface area contributed by atoms with Crippen LogP contribution in [0.2, 0.25) is 0 Å². The van der Waals surface area contributed by atoms with Crippen molar-refractivity contribution in [2.24, 2.45) is 0 Å². The van der Waals surface area contributed by atoms with Crippen molar-refractivity contribution < 1.29 is 18.7 Å². The second-order valence-electron chi connectivity index (χ2n) is 5.44. The zero-order valence-electron chi connectivity index (χ0n) is 11.8. The maximum Gasteiger partial charge on any atom is 0.405 e. The van der Waals surface area contributed by atoms with Gasteiger partial charge in [-0.3, -0.25) is 0 Å². The summed E-state index contributed by atoms with van der Waals surface area (Å²) < 4.78 is 26.4. The topological polar surface area (TPSA) is 49.3 Å². The Balaban J connectivity index is 2.01. The van der Waals surface area contributed by atoms with Crippen molar-refractivity contribution in [2.75, 3.05) is 0 Å². The zero-order valence-corrected chi connectivity index (χ0v) is 11.8. The predicted molar refractivity (Wildman–Crippen MR) is 78.6 cm³/mol. The number of carbonyl (C=O) groups is 1. The van der Waals surface area contributed by atoms with Gasteiger partial charge < -0.3 is 10.4 Å². The second kappa shape index (κ2) is 5.75. The number of carboxylic acid groups (broad SMARTS) is 1. The Kier molecular flexibility index (Phi) is 3.79. The SMILES string of the molecule is O=C(O)NC1CCCc2ccc(-c3ccc(F)c(F)c3)cc21. The van der Waals surface area contributed by atoms with Crippen molar-refractivity contribution in [2.45, 2.75) is 25.3 Å². The third kappa shape index (κ3) is 2.79. The lowest BCUT2D eigenvalue weighted by Gasteiger charge is -2.26. The van der Waals surface area contributed by atoms with Gasteiger partial charge in [0.2, 0.25) is 0 Å². The lowest BCUT2D eigenvalue weighted by Crippen LogP contribution is -2.29. The second-order valence-corrected chi connectivity index (χ2v) is 5.44. The van der Waals surface area contributed by atoms with Crippen LogP contribution in [-0.2, 0) is 6.42 Å². The van der Waals surface area contributed by atoms with Gasteiger partial charge in [0.25, 0.3) is 0 Å². The molecule has 1 amide bonds. The van der Waals surface area contributed by atoms with Gasteiger partial charge in [-0.1, -0.05) is 18.2 Å². The molecule has 2 N–H and O–H groups in total. The fourth-order valence-corrected chi connectivity index (χ4v) is 2.95. The minimum atomic E-state index is -1.06. The number of halogens is 2. The van der Waals surface area contributed by atoms with Crippen molar-refractivity contribution in [1.82, 2.24) is 5.32 Å². The summed E-state index contributed by atoms with van der Waals surface area (Å²) in [5, 5.41) is 11.5. The van der Waals surface area contributed by atoms with E-state index in [1.807, 2.05) is 18.2 Å². The van der Waals surface area contributed by atoms with E-state index < -0.39 is 17.7 Å². The number of aryl methyl sites for hydroxylation is 1. The van der Waals surface area contributed by atoms with Crippen molar-refractivity contribution in [3.8, 4) is 11.1 Å². The molecule has 0 fully saturated rings. The van der Waals surface area contributed by atoms with Crippen molar-refractivity contribution in [1.29, 1.82) is 0 Å². The molecule has 0 heterocycles.